The summed E-state index contributed by atoms with van der Waals surface area (Å²) in [6.07, 6.45) is 2.95. The Kier molecular flexibility index (Phi) is 4.05. The fourth-order valence-corrected chi connectivity index (χ4v) is 3.06. The van der Waals surface area contributed by atoms with Crippen LogP contribution in [0.5, 0.6) is 0 Å². The summed E-state index contributed by atoms with van der Waals surface area (Å²) in [5, 5.41) is 11.8. The number of cyclic esters (lactones) is 1. The number of rotatable bonds is 3. The molecule has 0 amide bonds. The van der Waals surface area contributed by atoms with Crippen molar-refractivity contribution < 1.29 is 9.53 Å². The average Bonchev–Trinajstić information content (AvgIpc) is 2.78. The van der Waals surface area contributed by atoms with Crippen molar-refractivity contribution in [3.8, 4) is 0 Å². The van der Waals surface area contributed by atoms with Gasteiger partial charge in [0.15, 0.2) is 5.82 Å². The van der Waals surface area contributed by atoms with Gasteiger partial charge in [-0.3, -0.25) is 10.1 Å². The van der Waals surface area contributed by atoms with Crippen LogP contribution < -0.4 is 10.2 Å². The van der Waals surface area contributed by atoms with Crippen LogP contribution in [0.4, 0.5) is 5.82 Å². The van der Waals surface area contributed by atoms with Gasteiger partial charge in [0.1, 0.15) is 12.1 Å². The molecule has 0 aliphatic carbocycles. The van der Waals surface area contributed by atoms with Gasteiger partial charge in [-0.15, -0.1) is 5.10 Å². The highest BCUT2D eigenvalue weighted by atomic mass is 16.6. The first kappa shape index (κ1) is 14.3. The van der Waals surface area contributed by atoms with Crippen molar-refractivity contribution in [3.05, 3.63) is 17.8 Å². The minimum absolute atomic E-state index is 0.0256. The Hall–Kier alpha value is -1.69. The highest BCUT2D eigenvalue weighted by molar-refractivity contribution is 5.78. The van der Waals surface area contributed by atoms with E-state index in [0.717, 1.165) is 43.9 Å². The molecule has 2 aliphatic rings. The number of carbonyl (C=O) groups excluding carboxylic acids is 1. The molecular formula is C15H22N4O2. The average molecular weight is 290 g/mol. The summed E-state index contributed by atoms with van der Waals surface area (Å²) >= 11 is 0. The molecule has 2 aliphatic heterocycles. The molecule has 1 aromatic heterocycles. The zero-order valence-electron chi connectivity index (χ0n) is 12.6. The molecule has 0 bridgehead atoms. The number of hydrogen-bond acceptors (Lipinski definition) is 6. The molecular weight excluding hydrogens is 268 g/mol. The van der Waals surface area contributed by atoms with E-state index >= 15 is 0 Å². The third-order valence-corrected chi connectivity index (χ3v) is 4.14. The summed E-state index contributed by atoms with van der Waals surface area (Å²) in [6.45, 7) is 5.72. The van der Waals surface area contributed by atoms with Crippen LogP contribution in [-0.2, 0) is 9.53 Å². The summed E-state index contributed by atoms with van der Waals surface area (Å²) in [4.78, 5) is 14.0. The van der Waals surface area contributed by atoms with Crippen LogP contribution in [-0.4, -0.2) is 47.4 Å². The molecule has 114 valence electrons. The van der Waals surface area contributed by atoms with Crippen LogP contribution in [0, 0.1) is 6.92 Å². The smallest absolute Gasteiger partial charge is 0.323 e. The second kappa shape index (κ2) is 5.97. The minimum atomic E-state index is -0.158. The maximum absolute atomic E-state index is 11.7. The zero-order valence-corrected chi connectivity index (χ0v) is 12.6. The predicted octanol–water partition coefficient (Wildman–Crippen LogP) is 1.05. The Morgan fingerprint density at radius 2 is 2.24 bits per heavy atom. The van der Waals surface area contributed by atoms with Crippen LogP contribution >= 0.6 is 0 Å². The molecule has 0 spiro atoms. The van der Waals surface area contributed by atoms with Crippen LogP contribution in [0.3, 0.4) is 0 Å². The van der Waals surface area contributed by atoms with Crippen LogP contribution in [0.2, 0.25) is 0 Å². The highest BCUT2D eigenvalue weighted by Gasteiger charge is 2.34. The SMILES string of the molecule is Cc1ccc(N2CCC[C@H](N[C@H]3C[C@H](C)OC3=O)C2)nn1. The van der Waals surface area contributed by atoms with Gasteiger partial charge in [-0.1, -0.05) is 0 Å². The third kappa shape index (κ3) is 3.32. The van der Waals surface area contributed by atoms with Crippen molar-refractivity contribution in [2.24, 2.45) is 0 Å². The number of aromatic nitrogens is 2. The van der Waals surface area contributed by atoms with Crippen LogP contribution in [0.1, 0.15) is 31.9 Å². The Morgan fingerprint density at radius 3 is 2.90 bits per heavy atom. The first-order valence-electron chi connectivity index (χ1n) is 7.63. The fraction of sp³-hybridized carbons (Fsp3) is 0.667. The molecule has 0 saturated carbocycles. The van der Waals surface area contributed by atoms with Crippen LogP contribution in [0.25, 0.3) is 0 Å². The van der Waals surface area contributed by atoms with Crippen molar-refractivity contribution >= 4 is 11.8 Å². The molecule has 2 saturated heterocycles. The molecule has 0 aromatic carbocycles. The van der Waals surface area contributed by atoms with Crippen molar-refractivity contribution in [1.82, 2.24) is 15.5 Å². The van der Waals surface area contributed by atoms with E-state index in [1.54, 1.807) is 0 Å². The first-order chi connectivity index (χ1) is 10.1. The van der Waals surface area contributed by atoms with Gasteiger partial charge in [0.25, 0.3) is 0 Å². The molecule has 0 radical (unpaired) electrons. The zero-order chi connectivity index (χ0) is 14.8. The van der Waals surface area contributed by atoms with Crippen molar-refractivity contribution in [2.75, 3.05) is 18.0 Å². The standard InChI is InChI=1S/C15H22N4O2/c1-10-5-6-14(18-17-10)19-7-3-4-12(9-19)16-13-8-11(2)21-15(13)20/h5-6,11-13,16H,3-4,7-9H2,1-2H3/t11-,12-,13-/m0/s1. The molecule has 21 heavy (non-hydrogen) atoms. The summed E-state index contributed by atoms with van der Waals surface area (Å²) in [5.74, 6) is 0.796. The summed E-state index contributed by atoms with van der Waals surface area (Å²) in [7, 11) is 0. The second-order valence-electron chi connectivity index (χ2n) is 6.02. The molecule has 3 atom stereocenters. The third-order valence-electron chi connectivity index (χ3n) is 4.14. The van der Waals surface area contributed by atoms with Gasteiger partial charge in [-0.25, -0.2) is 0 Å². The molecule has 6 heteroatoms. The van der Waals surface area contributed by atoms with Gasteiger partial charge >= 0.3 is 5.97 Å². The van der Waals surface area contributed by atoms with Crippen LogP contribution in [0.15, 0.2) is 12.1 Å². The second-order valence-corrected chi connectivity index (χ2v) is 6.02. The Bertz CT molecular complexity index is 505. The maximum Gasteiger partial charge on any atom is 0.323 e. The molecule has 3 rings (SSSR count). The summed E-state index contributed by atoms with van der Waals surface area (Å²) in [5.41, 5.74) is 0.924. The van der Waals surface area contributed by atoms with E-state index in [1.807, 2.05) is 26.0 Å². The van der Waals surface area contributed by atoms with Gasteiger partial charge in [0.2, 0.25) is 0 Å². The molecule has 2 fully saturated rings. The number of piperidine rings is 1. The first-order valence-corrected chi connectivity index (χ1v) is 7.63. The highest BCUT2D eigenvalue weighted by Crippen LogP contribution is 2.20. The van der Waals surface area contributed by atoms with Crippen molar-refractivity contribution in [2.45, 2.75) is 51.3 Å². The number of ether oxygens (including phenoxy) is 1. The van der Waals surface area contributed by atoms with E-state index in [2.05, 4.69) is 20.4 Å². The van der Waals surface area contributed by atoms with Gasteiger partial charge < -0.3 is 9.64 Å². The molecule has 1 N–H and O–H groups in total. The van der Waals surface area contributed by atoms with E-state index in [-0.39, 0.29) is 18.1 Å². The minimum Gasteiger partial charge on any atom is -0.461 e. The predicted molar refractivity (Wildman–Crippen MR) is 79.1 cm³/mol. The lowest BCUT2D eigenvalue weighted by Gasteiger charge is -2.34. The fourth-order valence-electron chi connectivity index (χ4n) is 3.06. The lowest BCUT2D eigenvalue weighted by molar-refractivity contribution is -0.142. The van der Waals surface area contributed by atoms with Gasteiger partial charge in [-0.05, 0) is 38.8 Å². The van der Waals surface area contributed by atoms with Gasteiger partial charge in [-0.2, -0.15) is 5.10 Å². The lowest BCUT2D eigenvalue weighted by atomic mass is 10.0. The normalized spacial score (nSPS) is 29.5. The molecule has 0 unspecified atom stereocenters. The number of hydrogen-bond donors (Lipinski definition) is 1. The van der Waals surface area contributed by atoms with E-state index in [4.69, 9.17) is 4.74 Å². The molecule has 1 aromatic rings. The maximum atomic E-state index is 11.7. The quantitative estimate of drug-likeness (QED) is 0.839. The Labute approximate surface area is 124 Å². The number of nitrogens with one attached hydrogen (secondary N) is 1. The van der Waals surface area contributed by atoms with Gasteiger partial charge in [0.05, 0.1) is 5.69 Å². The topological polar surface area (TPSA) is 67.3 Å². The number of anilines is 1. The molecule has 6 nitrogen and oxygen atoms in total. The lowest BCUT2D eigenvalue weighted by Crippen LogP contribution is -2.50. The van der Waals surface area contributed by atoms with E-state index < -0.39 is 0 Å². The molecule has 3 heterocycles. The number of nitrogens with zero attached hydrogens (tertiary/aromatic N) is 3. The monoisotopic (exact) mass is 290 g/mol. The number of carbonyl (C=O) groups is 1. The number of aryl methyl sites for hydroxylation is 1. The van der Waals surface area contributed by atoms with Crippen molar-refractivity contribution in [3.63, 3.8) is 0 Å². The number of esters is 1. The summed E-state index contributed by atoms with van der Waals surface area (Å²) in [6, 6.07) is 4.13. The van der Waals surface area contributed by atoms with Crippen molar-refractivity contribution in [1.29, 1.82) is 0 Å². The van der Waals surface area contributed by atoms with E-state index in [9.17, 15) is 4.79 Å². The van der Waals surface area contributed by atoms with E-state index in [0.29, 0.717) is 6.04 Å². The van der Waals surface area contributed by atoms with Gasteiger partial charge in [0, 0.05) is 25.6 Å². The Morgan fingerprint density at radius 1 is 1.38 bits per heavy atom. The largest absolute Gasteiger partial charge is 0.461 e. The summed E-state index contributed by atoms with van der Waals surface area (Å²) < 4.78 is 5.20. The Balaban J connectivity index is 1.60. The van der Waals surface area contributed by atoms with E-state index in [1.165, 1.54) is 0 Å².